The average molecular weight is 535 g/mol. The number of carbonyl (C=O) groups excluding carboxylic acids is 1. The number of amides is 1. The van der Waals surface area contributed by atoms with Gasteiger partial charge in [0.2, 0.25) is 0 Å². The van der Waals surface area contributed by atoms with Crippen LogP contribution in [0.3, 0.4) is 0 Å². The van der Waals surface area contributed by atoms with E-state index in [4.69, 9.17) is 19.4 Å². The third-order valence-corrected chi connectivity index (χ3v) is 6.24. The van der Waals surface area contributed by atoms with Gasteiger partial charge in [0.05, 0.1) is 31.9 Å². The van der Waals surface area contributed by atoms with Crippen LogP contribution in [0.25, 0.3) is 22.6 Å². The van der Waals surface area contributed by atoms with E-state index >= 15 is 0 Å². The van der Waals surface area contributed by atoms with E-state index in [9.17, 15) is 15.0 Å². The molecule has 4 aromatic heterocycles. The predicted molar refractivity (Wildman–Crippen MR) is 141 cm³/mol. The summed E-state index contributed by atoms with van der Waals surface area (Å²) in [7, 11) is 1.54. The Bertz CT molecular complexity index is 1490. The Hall–Kier alpha value is -4.20. The summed E-state index contributed by atoms with van der Waals surface area (Å²) in [6.07, 6.45) is 1.11. The fraction of sp³-hybridized carbons (Fsp3) is 0.385. The van der Waals surface area contributed by atoms with Crippen LogP contribution >= 0.6 is 0 Å². The second kappa shape index (κ2) is 10.9. The first-order valence-corrected chi connectivity index (χ1v) is 12.5. The van der Waals surface area contributed by atoms with Crippen molar-refractivity contribution in [2.45, 2.75) is 57.9 Å². The lowest BCUT2D eigenvalue weighted by Gasteiger charge is -2.17. The number of aryl methyl sites for hydroxylation is 1. The van der Waals surface area contributed by atoms with Crippen molar-refractivity contribution in [1.82, 2.24) is 34.8 Å². The fourth-order valence-corrected chi connectivity index (χ4v) is 4.35. The second-order valence-corrected chi connectivity index (χ2v) is 9.60. The monoisotopic (exact) mass is 534 g/mol. The smallest absolute Gasteiger partial charge is 0.252 e. The molecule has 5 rings (SSSR count). The van der Waals surface area contributed by atoms with Crippen molar-refractivity contribution in [1.29, 1.82) is 0 Å². The van der Waals surface area contributed by atoms with Gasteiger partial charge in [-0.15, -0.1) is 0 Å². The summed E-state index contributed by atoms with van der Waals surface area (Å²) in [5, 5.41) is 27.5. The molecule has 39 heavy (non-hydrogen) atoms. The normalized spacial score (nSPS) is 20.9. The largest absolute Gasteiger partial charge is 0.495 e. The molecule has 0 aromatic carbocycles. The van der Waals surface area contributed by atoms with Gasteiger partial charge in [0.15, 0.2) is 35.1 Å². The van der Waals surface area contributed by atoms with Gasteiger partial charge in [0.1, 0.15) is 18.0 Å². The summed E-state index contributed by atoms with van der Waals surface area (Å²) in [6, 6.07) is 5.46. The summed E-state index contributed by atoms with van der Waals surface area (Å²) in [5.74, 6) is 0.744. The SMILES string of the molecule is COc1cncc(-c2nc(NCc3cc(C)ccn3)c3ncn([C@@H]4O[C@H](C(=O)NC(C)C)[C@@H](O)[C@H]4O)c3n2)c1. The number of aromatic nitrogens is 6. The minimum Gasteiger partial charge on any atom is -0.495 e. The highest BCUT2D eigenvalue weighted by Gasteiger charge is 2.48. The topological polar surface area (TPSA) is 169 Å². The number of aliphatic hydroxyl groups excluding tert-OH is 2. The van der Waals surface area contributed by atoms with Crippen molar-refractivity contribution in [3.8, 4) is 17.1 Å². The van der Waals surface area contributed by atoms with Crippen molar-refractivity contribution >= 4 is 22.9 Å². The van der Waals surface area contributed by atoms with Gasteiger partial charge in [-0.25, -0.2) is 15.0 Å². The minimum absolute atomic E-state index is 0.165. The van der Waals surface area contributed by atoms with Gasteiger partial charge < -0.3 is 30.3 Å². The quantitative estimate of drug-likeness (QED) is 0.257. The highest BCUT2D eigenvalue weighted by molar-refractivity contribution is 5.85. The lowest BCUT2D eigenvalue weighted by molar-refractivity contribution is -0.138. The molecule has 1 aliphatic heterocycles. The van der Waals surface area contributed by atoms with E-state index < -0.39 is 30.4 Å². The molecule has 1 saturated heterocycles. The number of anilines is 1. The molecule has 0 bridgehead atoms. The Morgan fingerprint density at radius 3 is 2.74 bits per heavy atom. The molecule has 0 aliphatic carbocycles. The van der Waals surface area contributed by atoms with Crippen LogP contribution in [0.1, 0.15) is 31.3 Å². The molecule has 0 spiro atoms. The van der Waals surface area contributed by atoms with E-state index in [2.05, 4.69) is 25.6 Å². The van der Waals surface area contributed by atoms with Crippen molar-refractivity contribution in [2.75, 3.05) is 12.4 Å². The number of nitrogens with zero attached hydrogens (tertiary/aromatic N) is 6. The first kappa shape index (κ1) is 26.4. The van der Waals surface area contributed by atoms with Crippen LogP contribution in [0, 0.1) is 6.92 Å². The summed E-state index contributed by atoms with van der Waals surface area (Å²) >= 11 is 0. The highest BCUT2D eigenvalue weighted by Crippen LogP contribution is 2.34. The molecule has 0 unspecified atom stereocenters. The van der Waals surface area contributed by atoms with Crippen molar-refractivity contribution in [3.63, 3.8) is 0 Å². The van der Waals surface area contributed by atoms with Crippen molar-refractivity contribution in [3.05, 3.63) is 54.4 Å². The second-order valence-electron chi connectivity index (χ2n) is 9.60. The Balaban J connectivity index is 1.56. The molecule has 5 heterocycles. The summed E-state index contributed by atoms with van der Waals surface area (Å²) < 4.78 is 12.7. The third-order valence-electron chi connectivity index (χ3n) is 6.24. The Labute approximate surface area is 224 Å². The molecular formula is C26H30N8O5. The number of ether oxygens (including phenoxy) is 2. The van der Waals surface area contributed by atoms with E-state index in [-0.39, 0.29) is 6.04 Å². The van der Waals surface area contributed by atoms with Gasteiger partial charge in [-0.05, 0) is 44.5 Å². The van der Waals surface area contributed by atoms with Crippen LogP contribution in [-0.4, -0.2) is 77.1 Å². The van der Waals surface area contributed by atoms with Gasteiger partial charge in [-0.1, -0.05) is 0 Å². The zero-order valence-corrected chi connectivity index (χ0v) is 21.9. The number of hydrogen-bond donors (Lipinski definition) is 4. The zero-order chi connectivity index (χ0) is 27.7. The zero-order valence-electron chi connectivity index (χ0n) is 21.9. The third kappa shape index (κ3) is 5.37. The number of imidazole rings is 1. The molecule has 13 nitrogen and oxygen atoms in total. The standard InChI is InChI=1S/C26H30N8O5/c1-13(2)31-25(37)21-19(35)20(36)26(39-21)34-12-30-18-23(29-10-16-7-14(3)5-6-28-16)32-22(33-24(18)34)15-8-17(38-4)11-27-9-15/h5-9,11-13,19-21,26,35-36H,10H2,1-4H3,(H,31,37)(H,29,32,33)/t19-,20+,21-,26+/m0/s1. The number of methoxy groups -OCH3 is 1. The average Bonchev–Trinajstić information content (AvgIpc) is 3.47. The van der Waals surface area contributed by atoms with Crippen LogP contribution in [0.5, 0.6) is 5.75 Å². The number of rotatable bonds is 8. The van der Waals surface area contributed by atoms with Crippen LogP contribution in [0.15, 0.2) is 43.1 Å². The molecule has 0 saturated carbocycles. The van der Waals surface area contributed by atoms with Gasteiger partial charge in [0, 0.05) is 24.0 Å². The van der Waals surface area contributed by atoms with E-state index in [0.717, 1.165) is 11.3 Å². The van der Waals surface area contributed by atoms with Crippen LogP contribution in [0.2, 0.25) is 0 Å². The van der Waals surface area contributed by atoms with E-state index in [1.807, 2.05) is 19.1 Å². The van der Waals surface area contributed by atoms with Crippen LogP contribution < -0.4 is 15.4 Å². The summed E-state index contributed by atoms with van der Waals surface area (Å²) in [6.45, 7) is 5.95. The maximum Gasteiger partial charge on any atom is 0.252 e. The number of nitrogens with one attached hydrogen (secondary N) is 2. The van der Waals surface area contributed by atoms with Crippen LogP contribution in [-0.2, 0) is 16.1 Å². The molecule has 1 amide bonds. The lowest BCUT2D eigenvalue weighted by atomic mass is 10.1. The lowest BCUT2D eigenvalue weighted by Crippen LogP contribution is -2.45. The molecule has 0 radical (unpaired) electrons. The minimum atomic E-state index is -1.44. The number of aliphatic hydroxyl groups is 2. The Kier molecular flexibility index (Phi) is 7.37. The predicted octanol–water partition coefficient (Wildman–Crippen LogP) is 1.36. The molecule has 204 valence electrons. The molecular weight excluding hydrogens is 504 g/mol. The van der Waals surface area contributed by atoms with E-state index in [0.29, 0.717) is 40.7 Å². The Morgan fingerprint density at radius 2 is 2.00 bits per heavy atom. The molecule has 1 fully saturated rings. The van der Waals surface area contributed by atoms with Crippen LogP contribution in [0.4, 0.5) is 5.82 Å². The summed E-state index contributed by atoms with van der Waals surface area (Å²) in [5.41, 5.74) is 3.20. The Morgan fingerprint density at radius 1 is 1.18 bits per heavy atom. The van der Waals surface area contributed by atoms with Gasteiger partial charge in [-0.3, -0.25) is 19.3 Å². The molecule has 4 aromatic rings. The molecule has 1 aliphatic rings. The molecule has 4 N–H and O–H groups in total. The maximum absolute atomic E-state index is 12.6. The van der Waals surface area contributed by atoms with Gasteiger partial charge in [-0.2, -0.15) is 0 Å². The number of fused-ring (bicyclic) bond motifs is 1. The number of pyridine rings is 2. The van der Waals surface area contributed by atoms with E-state index in [1.54, 1.807) is 38.5 Å². The summed E-state index contributed by atoms with van der Waals surface area (Å²) in [4.78, 5) is 35.1. The first-order chi connectivity index (χ1) is 18.7. The molecule has 13 heteroatoms. The van der Waals surface area contributed by atoms with Gasteiger partial charge in [0.25, 0.3) is 5.91 Å². The number of hydrogen-bond acceptors (Lipinski definition) is 11. The highest BCUT2D eigenvalue weighted by atomic mass is 16.6. The van der Waals surface area contributed by atoms with Crippen molar-refractivity contribution < 1.29 is 24.5 Å². The molecule has 4 atom stereocenters. The maximum atomic E-state index is 12.6. The van der Waals surface area contributed by atoms with E-state index in [1.165, 1.54) is 18.0 Å². The fourth-order valence-electron chi connectivity index (χ4n) is 4.35. The number of carbonyl (C=O) groups is 1. The van der Waals surface area contributed by atoms with Crippen molar-refractivity contribution in [2.24, 2.45) is 0 Å². The first-order valence-electron chi connectivity index (χ1n) is 12.5. The van der Waals surface area contributed by atoms with Gasteiger partial charge >= 0.3 is 0 Å².